The first-order valence-electron chi connectivity index (χ1n) is 6.77. The van der Waals surface area contributed by atoms with Gasteiger partial charge in [-0.25, -0.2) is 4.39 Å². The smallest absolute Gasteiger partial charge is 0.228 e. The Kier molecular flexibility index (Phi) is 4.64. The molecular formula is C15H19ClFN3O. The van der Waals surface area contributed by atoms with Crippen LogP contribution in [0.4, 0.5) is 4.39 Å². The molecule has 1 aromatic heterocycles. The van der Waals surface area contributed by atoms with Gasteiger partial charge in [-0.05, 0) is 17.0 Å². The number of halogens is 2. The molecule has 1 aromatic carbocycles. The minimum atomic E-state index is -0.447. The predicted octanol–water partition coefficient (Wildman–Crippen LogP) is 3.37. The summed E-state index contributed by atoms with van der Waals surface area (Å²) >= 11 is 5.75. The van der Waals surface area contributed by atoms with E-state index in [1.807, 2.05) is 0 Å². The van der Waals surface area contributed by atoms with Crippen molar-refractivity contribution in [2.45, 2.75) is 39.7 Å². The quantitative estimate of drug-likeness (QED) is 0.940. The van der Waals surface area contributed by atoms with E-state index in [4.69, 9.17) is 21.9 Å². The van der Waals surface area contributed by atoms with Crippen molar-refractivity contribution in [2.75, 3.05) is 0 Å². The van der Waals surface area contributed by atoms with E-state index in [-0.39, 0.29) is 22.9 Å². The molecule has 0 amide bonds. The Balaban J connectivity index is 2.08. The Morgan fingerprint density at radius 1 is 1.38 bits per heavy atom. The summed E-state index contributed by atoms with van der Waals surface area (Å²) in [6, 6.07) is 4.76. The van der Waals surface area contributed by atoms with Crippen LogP contribution in [0.2, 0.25) is 5.02 Å². The fraction of sp³-hybridized carbons (Fsp3) is 0.467. The molecule has 0 spiro atoms. The third-order valence-electron chi connectivity index (χ3n) is 3.40. The van der Waals surface area contributed by atoms with Crippen molar-refractivity contribution in [1.29, 1.82) is 0 Å². The summed E-state index contributed by atoms with van der Waals surface area (Å²) < 4.78 is 19.0. The first-order chi connectivity index (χ1) is 9.77. The van der Waals surface area contributed by atoms with E-state index in [1.165, 1.54) is 6.07 Å². The van der Waals surface area contributed by atoms with Crippen LogP contribution in [-0.4, -0.2) is 16.2 Å². The van der Waals surface area contributed by atoms with Crippen LogP contribution < -0.4 is 5.73 Å². The number of nitrogens with two attached hydrogens (primary N) is 1. The lowest BCUT2D eigenvalue weighted by atomic mass is 9.85. The molecule has 0 aliphatic carbocycles. The molecule has 4 nitrogen and oxygen atoms in total. The van der Waals surface area contributed by atoms with Crippen molar-refractivity contribution >= 4 is 11.6 Å². The zero-order valence-electron chi connectivity index (χ0n) is 12.4. The van der Waals surface area contributed by atoms with Gasteiger partial charge in [0.15, 0.2) is 5.82 Å². The molecule has 21 heavy (non-hydrogen) atoms. The molecule has 0 aliphatic rings. The molecule has 2 rings (SSSR count). The Hall–Kier alpha value is -1.46. The first kappa shape index (κ1) is 15.9. The highest BCUT2D eigenvalue weighted by Gasteiger charge is 2.23. The minimum absolute atomic E-state index is 0.0479. The number of aromatic nitrogens is 2. The lowest BCUT2D eigenvalue weighted by Gasteiger charge is -2.25. The number of rotatable bonds is 4. The van der Waals surface area contributed by atoms with Crippen LogP contribution in [0, 0.1) is 11.2 Å². The molecule has 0 bridgehead atoms. The van der Waals surface area contributed by atoms with Gasteiger partial charge in [0, 0.05) is 18.9 Å². The van der Waals surface area contributed by atoms with Gasteiger partial charge in [0.1, 0.15) is 5.82 Å². The van der Waals surface area contributed by atoms with E-state index in [1.54, 1.807) is 12.1 Å². The van der Waals surface area contributed by atoms with Gasteiger partial charge < -0.3 is 10.3 Å². The number of hydrogen-bond donors (Lipinski definition) is 1. The summed E-state index contributed by atoms with van der Waals surface area (Å²) in [5, 5.41) is 3.95. The normalized spacial score (nSPS) is 13.4. The van der Waals surface area contributed by atoms with Gasteiger partial charge in [0.2, 0.25) is 5.89 Å². The SMILES string of the molecule is CC(C)(C)C(N)Cc1nc(Cc2cccc(Cl)c2F)no1. The molecule has 0 saturated heterocycles. The van der Waals surface area contributed by atoms with Gasteiger partial charge in [0.25, 0.3) is 0 Å². The van der Waals surface area contributed by atoms with E-state index >= 15 is 0 Å². The van der Waals surface area contributed by atoms with Gasteiger partial charge in [-0.15, -0.1) is 0 Å². The van der Waals surface area contributed by atoms with Crippen LogP contribution in [0.5, 0.6) is 0 Å². The van der Waals surface area contributed by atoms with Crippen molar-refractivity contribution in [1.82, 2.24) is 10.1 Å². The fourth-order valence-corrected chi connectivity index (χ4v) is 1.99. The summed E-state index contributed by atoms with van der Waals surface area (Å²) in [6.45, 7) is 6.16. The monoisotopic (exact) mass is 311 g/mol. The molecule has 1 unspecified atom stereocenters. The standard InChI is InChI=1S/C15H19ClFN3O/c1-15(2,3)11(18)8-13-19-12(20-21-13)7-9-5-4-6-10(16)14(9)17/h4-6,11H,7-8,18H2,1-3H3. The second-order valence-corrected chi connectivity index (χ2v) is 6.58. The third kappa shape index (κ3) is 4.02. The maximum atomic E-state index is 13.8. The van der Waals surface area contributed by atoms with Crippen molar-refractivity contribution in [3.05, 3.63) is 46.3 Å². The topological polar surface area (TPSA) is 64.9 Å². The molecule has 0 radical (unpaired) electrons. The first-order valence-corrected chi connectivity index (χ1v) is 7.15. The molecular weight excluding hydrogens is 293 g/mol. The maximum absolute atomic E-state index is 13.8. The Morgan fingerprint density at radius 2 is 2.10 bits per heavy atom. The molecule has 6 heteroatoms. The highest BCUT2D eigenvalue weighted by molar-refractivity contribution is 6.30. The van der Waals surface area contributed by atoms with Gasteiger partial charge in [-0.2, -0.15) is 4.98 Å². The van der Waals surface area contributed by atoms with Crippen LogP contribution in [-0.2, 0) is 12.8 Å². The molecule has 2 N–H and O–H groups in total. The van der Waals surface area contributed by atoms with Crippen molar-refractivity contribution < 1.29 is 8.91 Å². The zero-order valence-corrected chi connectivity index (χ0v) is 13.1. The van der Waals surface area contributed by atoms with Gasteiger partial charge in [0.05, 0.1) is 5.02 Å². The van der Waals surface area contributed by atoms with Crippen molar-refractivity contribution in [3.63, 3.8) is 0 Å². The van der Waals surface area contributed by atoms with E-state index in [2.05, 4.69) is 30.9 Å². The third-order valence-corrected chi connectivity index (χ3v) is 3.69. The minimum Gasteiger partial charge on any atom is -0.339 e. The summed E-state index contributed by atoms with van der Waals surface area (Å²) in [5.41, 5.74) is 6.48. The van der Waals surface area contributed by atoms with Crippen LogP contribution in [0.3, 0.4) is 0 Å². The largest absolute Gasteiger partial charge is 0.339 e. The zero-order chi connectivity index (χ0) is 15.6. The molecule has 1 heterocycles. The van der Waals surface area contributed by atoms with E-state index in [9.17, 15) is 4.39 Å². The second kappa shape index (κ2) is 6.12. The van der Waals surface area contributed by atoms with Crippen molar-refractivity contribution in [2.24, 2.45) is 11.1 Å². The lowest BCUT2D eigenvalue weighted by molar-refractivity contribution is 0.285. The fourth-order valence-electron chi connectivity index (χ4n) is 1.79. The predicted molar refractivity (Wildman–Crippen MR) is 79.6 cm³/mol. The van der Waals surface area contributed by atoms with Crippen LogP contribution in [0.25, 0.3) is 0 Å². The summed E-state index contributed by atoms with van der Waals surface area (Å²) in [6.07, 6.45) is 0.731. The van der Waals surface area contributed by atoms with Gasteiger partial charge >= 0.3 is 0 Å². The van der Waals surface area contributed by atoms with Crippen LogP contribution in [0.1, 0.15) is 38.0 Å². The van der Waals surface area contributed by atoms with E-state index < -0.39 is 5.82 Å². The number of nitrogens with zero attached hydrogens (tertiary/aromatic N) is 2. The highest BCUT2D eigenvalue weighted by atomic mass is 35.5. The number of hydrogen-bond acceptors (Lipinski definition) is 4. The maximum Gasteiger partial charge on any atom is 0.228 e. The van der Waals surface area contributed by atoms with E-state index in [0.29, 0.717) is 23.7 Å². The highest BCUT2D eigenvalue weighted by Crippen LogP contribution is 2.22. The lowest BCUT2D eigenvalue weighted by Crippen LogP contribution is -2.37. The molecule has 0 aliphatic heterocycles. The molecule has 1 atom stereocenters. The Labute approximate surface area is 128 Å². The Bertz CT molecular complexity index is 622. The Morgan fingerprint density at radius 3 is 2.76 bits per heavy atom. The summed E-state index contributed by atoms with van der Waals surface area (Å²) in [4.78, 5) is 4.26. The number of benzene rings is 1. The van der Waals surface area contributed by atoms with Gasteiger partial charge in [-0.1, -0.05) is 49.7 Å². The van der Waals surface area contributed by atoms with Crippen LogP contribution >= 0.6 is 11.6 Å². The molecule has 0 fully saturated rings. The van der Waals surface area contributed by atoms with E-state index in [0.717, 1.165) is 0 Å². The second-order valence-electron chi connectivity index (χ2n) is 6.17. The summed E-state index contributed by atoms with van der Waals surface area (Å²) in [5.74, 6) is 0.444. The van der Waals surface area contributed by atoms with Crippen molar-refractivity contribution in [3.8, 4) is 0 Å². The average molecular weight is 312 g/mol. The summed E-state index contributed by atoms with van der Waals surface area (Å²) in [7, 11) is 0. The molecule has 0 saturated carbocycles. The van der Waals surface area contributed by atoms with Crippen LogP contribution in [0.15, 0.2) is 22.7 Å². The average Bonchev–Trinajstić information content (AvgIpc) is 2.81. The van der Waals surface area contributed by atoms with Gasteiger partial charge in [-0.3, -0.25) is 0 Å². The molecule has 2 aromatic rings. The molecule has 114 valence electrons.